The third-order valence-corrected chi connectivity index (χ3v) is 10.6. The summed E-state index contributed by atoms with van der Waals surface area (Å²) in [6.07, 6.45) is 1.36. The van der Waals surface area contributed by atoms with Gasteiger partial charge in [0.05, 0.1) is 4.75 Å². The molecule has 2 amide bonds. The lowest BCUT2D eigenvalue weighted by atomic mass is 9.88. The Kier molecular flexibility index (Phi) is 8.68. The van der Waals surface area contributed by atoms with E-state index in [0.29, 0.717) is 5.33 Å². The van der Waals surface area contributed by atoms with E-state index in [9.17, 15) is 24.3 Å². The van der Waals surface area contributed by atoms with Gasteiger partial charge in [-0.2, -0.15) is 0 Å². The van der Waals surface area contributed by atoms with E-state index in [0.717, 1.165) is 12.8 Å². The molecule has 214 valence electrons. The molecule has 1 saturated carbocycles. The maximum atomic E-state index is 13.6. The van der Waals surface area contributed by atoms with Crippen molar-refractivity contribution >= 4 is 86.2 Å². The van der Waals surface area contributed by atoms with Crippen LogP contribution < -0.4 is 11.1 Å². The highest BCUT2D eigenvalue weighted by atomic mass is 79.9. The van der Waals surface area contributed by atoms with Gasteiger partial charge in [-0.25, -0.2) is 9.59 Å². The number of nitrogens with one attached hydrogen (secondary N) is 1. The maximum absolute atomic E-state index is 13.6. The highest BCUT2D eigenvalue weighted by Crippen LogP contribution is 2.52. The predicted octanol–water partition coefficient (Wildman–Crippen LogP) is 2.72. The molecular weight excluding hydrogens is 661 g/mol. The van der Waals surface area contributed by atoms with Crippen molar-refractivity contribution in [3.8, 4) is 5.75 Å². The summed E-state index contributed by atoms with van der Waals surface area (Å²) < 4.78 is 8.06. The largest absolute Gasteiger partial charge is 0.508 e. The monoisotopic (exact) mass is 685 g/mol. The molecule has 4 rings (SSSR count). The van der Waals surface area contributed by atoms with Gasteiger partial charge in [0.25, 0.3) is 5.91 Å². The van der Waals surface area contributed by atoms with E-state index in [1.165, 1.54) is 40.9 Å². The molecule has 2 aliphatic heterocycles. The summed E-state index contributed by atoms with van der Waals surface area (Å²) in [6.45, 7) is 2.99. The fraction of sp³-hybridized carbons (Fsp3) is 0.583. The Morgan fingerprint density at radius 1 is 1.28 bits per heavy atom. The second kappa shape index (κ2) is 11.1. The number of alkyl halides is 4. The minimum Gasteiger partial charge on any atom is -0.508 e. The molecule has 1 aromatic carbocycles. The first-order valence-corrected chi connectivity index (χ1v) is 15.2. The molecule has 4 N–H and O–H groups in total. The molecule has 0 aromatic heterocycles. The number of hydrogen-bond acceptors (Lipinski definition) is 9. The van der Waals surface area contributed by atoms with Crippen molar-refractivity contribution in [3.05, 3.63) is 29.8 Å². The lowest BCUT2D eigenvalue weighted by Crippen LogP contribution is -2.73. The Bertz CT molecular complexity index is 1170. The number of phenolic OH excluding ortho intramolecular Hbond substituents is 1. The molecule has 6 unspecified atom stereocenters. The Balaban J connectivity index is 1.55. The first-order valence-electron chi connectivity index (χ1n) is 12.0. The van der Waals surface area contributed by atoms with Crippen LogP contribution in [0.4, 0.5) is 0 Å². The normalized spacial score (nSPS) is 28.5. The van der Waals surface area contributed by atoms with Crippen molar-refractivity contribution in [3.63, 3.8) is 0 Å². The summed E-state index contributed by atoms with van der Waals surface area (Å²) >= 11 is 21.8. The number of ether oxygens (including phenoxy) is 2. The SMILES string of the molecule is CC(OC(=O)C(N)(C(=O)NC1C(=O)N2C1SC(C)(CBr)C2C(=O)OCC(Cl)(Cl)Cl)c1ccc(O)cc1)C1CC1. The Labute approximate surface area is 252 Å². The molecule has 10 nitrogen and oxygen atoms in total. The lowest BCUT2D eigenvalue weighted by molar-refractivity contribution is -0.166. The van der Waals surface area contributed by atoms with Gasteiger partial charge in [-0.05, 0) is 50.3 Å². The molecule has 1 aliphatic carbocycles. The zero-order valence-corrected chi connectivity index (χ0v) is 25.5. The molecule has 1 aromatic rings. The quantitative estimate of drug-likeness (QED) is 0.154. The number of esters is 2. The number of amides is 2. The number of halogens is 4. The Morgan fingerprint density at radius 3 is 2.44 bits per heavy atom. The van der Waals surface area contributed by atoms with Gasteiger partial charge in [0.1, 0.15) is 35.9 Å². The Hall–Kier alpha value is -1.44. The number of fused-ring (bicyclic) bond motifs is 1. The summed E-state index contributed by atoms with van der Waals surface area (Å²) in [6, 6.07) is 3.16. The van der Waals surface area contributed by atoms with Crippen LogP contribution in [-0.4, -0.2) is 77.8 Å². The molecule has 6 atom stereocenters. The Morgan fingerprint density at radius 2 is 1.90 bits per heavy atom. The van der Waals surface area contributed by atoms with E-state index >= 15 is 0 Å². The van der Waals surface area contributed by atoms with Crippen LogP contribution in [0.25, 0.3) is 0 Å². The highest BCUT2D eigenvalue weighted by molar-refractivity contribution is 9.09. The fourth-order valence-electron chi connectivity index (χ4n) is 4.60. The minimum atomic E-state index is -2.30. The molecule has 0 bridgehead atoms. The summed E-state index contributed by atoms with van der Waals surface area (Å²) in [5.74, 6) is -3.15. The number of nitrogens with two attached hydrogens (primary N) is 1. The number of hydrogen-bond donors (Lipinski definition) is 3. The van der Waals surface area contributed by atoms with Gasteiger partial charge in [-0.15, -0.1) is 11.8 Å². The van der Waals surface area contributed by atoms with Crippen molar-refractivity contribution in [2.75, 3.05) is 11.9 Å². The number of carbonyl (C=O) groups is 4. The van der Waals surface area contributed by atoms with Crippen LogP contribution in [0.15, 0.2) is 24.3 Å². The number of thioether (sulfide) groups is 1. The second-order valence-electron chi connectivity index (χ2n) is 10.1. The van der Waals surface area contributed by atoms with Crippen molar-refractivity contribution in [2.24, 2.45) is 11.7 Å². The van der Waals surface area contributed by atoms with E-state index in [1.54, 1.807) is 13.8 Å². The smallest absolute Gasteiger partial charge is 0.340 e. The summed E-state index contributed by atoms with van der Waals surface area (Å²) in [5, 5.41) is 12.0. The van der Waals surface area contributed by atoms with Gasteiger partial charge in [0, 0.05) is 5.33 Å². The van der Waals surface area contributed by atoms with Gasteiger partial charge in [-0.1, -0.05) is 62.9 Å². The van der Waals surface area contributed by atoms with Gasteiger partial charge in [0.15, 0.2) is 0 Å². The van der Waals surface area contributed by atoms with Crippen LogP contribution in [0.5, 0.6) is 5.75 Å². The number of benzene rings is 1. The fourth-order valence-corrected chi connectivity index (χ4v) is 7.08. The minimum absolute atomic E-state index is 0.0759. The van der Waals surface area contributed by atoms with Crippen molar-refractivity contribution in [2.45, 2.75) is 64.3 Å². The van der Waals surface area contributed by atoms with Gasteiger partial charge < -0.3 is 30.5 Å². The molecule has 39 heavy (non-hydrogen) atoms. The van der Waals surface area contributed by atoms with Crippen LogP contribution in [0.2, 0.25) is 0 Å². The number of rotatable bonds is 9. The highest BCUT2D eigenvalue weighted by Gasteiger charge is 2.66. The zero-order valence-electron chi connectivity index (χ0n) is 20.9. The number of nitrogens with zero attached hydrogens (tertiary/aromatic N) is 1. The summed E-state index contributed by atoms with van der Waals surface area (Å²) in [7, 11) is 0. The molecule has 2 heterocycles. The number of β-lactam (4-membered cyclic amide) rings is 1. The van der Waals surface area contributed by atoms with Gasteiger partial charge in [-0.3, -0.25) is 9.59 Å². The van der Waals surface area contributed by atoms with E-state index in [2.05, 4.69) is 21.2 Å². The van der Waals surface area contributed by atoms with Gasteiger partial charge in [0.2, 0.25) is 15.2 Å². The molecule has 2 saturated heterocycles. The van der Waals surface area contributed by atoms with E-state index < -0.39 is 68.0 Å². The van der Waals surface area contributed by atoms with Gasteiger partial charge >= 0.3 is 11.9 Å². The average Bonchev–Trinajstić information content (AvgIpc) is 3.69. The van der Waals surface area contributed by atoms with Crippen LogP contribution in [0.1, 0.15) is 32.3 Å². The first kappa shape index (κ1) is 30.5. The zero-order chi connectivity index (χ0) is 28.9. The first-order chi connectivity index (χ1) is 18.1. The van der Waals surface area contributed by atoms with E-state index in [1.807, 2.05) is 0 Å². The average molecular weight is 688 g/mol. The van der Waals surface area contributed by atoms with Crippen molar-refractivity contribution in [1.29, 1.82) is 0 Å². The third kappa shape index (κ3) is 5.97. The summed E-state index contributed by atoms with van der Waals surface area (Å²) in [4.78, 5) is 54.4. The van der Waals surface area contributed by atoms with Crippen LogP contribution in [0.3, 0.4) is 0 Å². The van der Waals surface area contributed by atoms with Crippen LogP contribution in [-0.2, 0) is 34.2 Å². The van der Waals surface area contributed by atoms with Crippen LogP contribution in [0, 0.1) is 5.92 Å². The summed E-state index contributed by atoms with van der Waals surface area (Å²) in [5.41, 5.74) is 4.22. The number of aromatic hydroxyl groups is 1. The molecule has 3 aliphatic rings. The molecule has 15 heteroatoms. The maximum Gasteiger partial charge on any atom is 0.340 e. The second-order valence-corrected chi connectivity index (χ2v) is 14.8. The molecule has 0 spiro atoms. The molecule has 3 fully saturated rings. The molecular formula is C24H27BrCl3N3O7S. The van der Waals surface area contributed by atoms with Crippen LogP contribution >= 0.6 is 62.5 Å². The van der Waals surface area contributed by atoms with E-state index in [4.69, 9.17) is 50.0 Å². The van der Waals surface area contributed by atoms with Crippen molar-refractivity contribution < 1.29 is 33.8 Å². The van der Waals surface area contributed by atoms with E-state index in [-0.39, 0.29) is 17.2 Å². The number of phenols is 1. The standard InChI is InChI=1S/C24H27BrCl3N3O7S/c1-11(12-3-4-12)38-21(36)24(29,13-5-7-14(32)8-6-13)20(35)30-15-17(33)31-16(19(34)37-10-23(26,27)28)22(2,9-25)39-18(15)31/h5-8,11-12,15-16,18,32H,3-4,9-10,29H2,1-2H3,(H,30,35). The predicted molar refractivity (Wildman–Crippen MR) is 150 cm³/mol. The topological polar surface area (TPSA) is 148 Å². The van der Waals surface area contributed by atoms with Crippen molar-refractivity contribution in [1.82, 2.24) is 10.2 Å². The number of carbonyl (C=O) groups excluding carboxylic acids is 4. The lowest BCUT2D eigenvalue weighted by Gasteiger charge is -2.44. The molecule has 0 radical (unpaired) electrons. The third-order valence-electron chi connectivity index (χ3n) is 7.06.